The fourth-order valence-corrected chi connectivity index (χ4v) is 2.71. The van der Waals surface area contributed by atoms with Crippen molar-refractivity contribution in [1.29, 1.82) is 0 Å². The van der Waals surface area contributed by atoms with Crippen LogP contribution >= 0.6 is 11.3 Å². The van der Waals surface area contributed by atoms with Gasteiger partial charge in [-0.15, -0.1) is 11.3 Å². The van der Waals surface area contributed by atoms with E-state index in [2.05, 4.69) is 10.3 Å². The molecule has 0 aliphatic rings. The van der Waals surface area contributed by atoms with Crippen LogP contribution in [0.25, 0.3) is 11.3 Å². The van der Waals surface area contributed by atoms with E-state index in [9.17, 15) is 9.50 Å². The van der Waals surface area contributed by atoms with E-state index in [1.54, 1.807) is 37.3 Å². The van der Waals surface area contributed by atoms with Gasteiger partial charge in [0.2, 0.25) is 0 Å². The minimum atomic E-state index is -0.216. The fraction of sp³-hybridized carbons (Fsp3) is 0.0625. The van der Waals surface area contributed by atoms with Crippen molar-refractivity contribution in [1.82, 2.24) is 4.98 Å². The summed E-state index contributed by atoms with van der Waals surface area (Å²) >= 11 is 1.46. The second-order valence-corrected chi connectivity index (χ2v) is 5.54. The minimum Gasteiger partial charge on any atom is -0.508 e. The number of thiazole rings is 1. The molecule has 5 heteroatoms. The van der Waals surface area contributed by atoms with Gasteiger partial charge in [-0.3, -0.25) is 0 Å². The maximum absolute atomic E-state index is 13.3. The first kappa shape index (κ1) is 13.6. The molecule has 3 aromatic rings. The van der Waals surface area contributed by atoms with Gasteiger partial charge in [-0.2, -0.15) is 0 Å². The first-order valence-corrected chi connectivity index (χ1v) is 7.28. The van der Waals surface area contributed by atoms with E-state index in [4.69, 9.17) is 0 Å². The van der Waals surface area contributed by atoms with E-state index in [0.29, 0.717) is 5.56 Å². The standard InChI is InChI=1S/C16H13FN2OS/c1-10-7-11(5-6-14(10)17)15-9-21-16(19-15)18-12-3-2-4-13(20)8-12/h2-9,20H,1H3,(H,18,19). The van der Waals surface area contributed by atoms with E-state index in [-0.39, 0.29) is 11.6 Å². The van der Waals surface area contributed by atoms with E-state index in [1.165, 1.54) is 17.4 Å². The SMILES string of the molecule is Cc1cc(-c2csc(Nc3cccc(O)c3)n2)ccc1F. The van der Waals surface area contributed by atoms with E-state index < -0.39 is 0 Å². The number of halogens is 1. The zero-order chi connectivity index (χ0) is 14.8. The zero-order valence-electron chi connectivity index (χ0n) is 11.3. The van der Waals surface area contributed by atoms with Gasteiger partial charge in [0.1, 0.15) is 11.6 Å². The highest BCUT2D eigenvalue weighted by Gasteiger charge is 2.07. The summed E-state index contributed by atoms with van der Waals surface area (Å²) in [6, 6.07) is 11.8. The molecule has 3 nitrogen and oxygen atoms in total. The lowest BCUT2D eigenvalue weighted by Crippen LogP contribution is -1.89. The smallest absolute Gasteiger partial charge is 0.187 e. The normalized spacial score (nSPS) is 10.6. The van der Waals surface area contributed by atoms with Crippen LogP contribution in [0, 0.1) is 12.7 Å². The molecular weight excluding hydrogens is 287 g/mol. The van der Waals surface area contributed by atoms with Crippen molar-refractivity contribution in [3.63, 3.8) is 0 Å². The van der Waals surface area contributed by atoms with Crippen LogP contribution in [0.3, 0.4) is 0 Å². The van der Waals surface area contributed by atoms with Crippen LogP contribution in [0.15, 0.2) is 47.8 Å². The van der Waals surface area contributed by atoms with Gasteiger partial charge in [-0.1, -0.05) is 6.07 Å². The first-order valence-electron chi connectivity index (χ1n) is 6.40. The Morgan fingerprint density at radius 3 is 2.81 bits per heavy atom. The van der Waals surface area contributed by atoms with Crippen molar-refractivity contribution in [3.05, 3.63) is 59.2 Å². The summed E-state index contributed by atoms with van der Waals surface area (Å²) in [7, 11) is 0. The summed E-state index contributed by atoms with van der Waals surface area (Å²) < 4.78 is 13.3. The van der Waals surface area contributed by atoms with Crippen LogP contribution in [-0.2, 0) is 0 Å². The molecule has 0 amide bonds. The Kier molecular flexibility index (Phi) is 3.58. The van der Waals surface area contributed by atoms with Gasteiger partial charge in [0.05, 0.1) is 5.69 Å². The van der Waals surface area contributed by atoms with Gasteiger partial charge in [0, 0.05) is 22.7 Å². The first-order chi connectivity index (χ1) is 10.1. The molecule has 0 aliphatic carbocycles. The summed E-state index contributed by atoms with van der Waals surface area (Å²) in [6.45, 7) is 1.73. The Hall–Kier alpha value is -2.40. The van der Waals surface area contributed by atoms with Crippen LogP contribution in [0.1, 0.15) is 5.56 Å². The minimum absolute atomic E-state index is 0.200. The van der Waals surface area contributed by atoms with Crippen LogP contribution in [-0.4, -0.2) is 10.1 Å². The molecule has 0 atom stereocenters. The molecule has 21 heavy (non-hydrogen) atoms. The van der Waals surface area contributed by atoms with Crippen molar-refractivity contribution in [3.8, 4) is 17.0 Å². The molecule has 2 aromatic carbocycles. The predicted octanol–water partition coefficient (Wildman–Crippen LogP) is 4.71. The van der Waals surface area contributed by atoms with Crippen molar-refractivity contribution < 1.29 is 9.50 Å². The van der Waals surface area contributed by atoms with E-state index in [0.717, 1.165) is 22.1 Å². The zero-order valence-corrected chi connectivity index (χ0v) is 12.1. The largest absolute Gasteiger partial charge is 0.508 e. The average Bonchev–Trinajstić information content (AvgIpc) is 2.90. The molecule has 0 aliphatic heterocycles. The molecule has 0 saturated carbocycles. The van der Waals surface area contributed by atoms with Gasteiger partial charge < -0.3 is 10.4 Å². The molecule has 1 aromatic heterocycles. The van der Waals surface area contributed by atoms with Gasteiger partial charge in [0.25, 0.3) is 0 Å². The van der Waals surface area contributed by atoms with E-state index in [1.807, 2.05) is 11.4 Å². The van der Waals surface area contributed by atoms with Crippen LogP contribution < -0.4 is 5.32 Å². The van der Waals surface area contributed by atoms with Crippen LogP contribution in [0.2, 0.25) is 0 Å². The third-order valence-electron chi connectivity index (χ3n) is 3.06. The Morgan fingerprint density at radius 1 is 1.19 bits per heavy atom. The molecular formula is C16H13FN2OS. The maximum Gasteiger partial charge on any atom is 0.187 e. The molecule has 0 spiro atoms. The number of nitrogens with zero attached hydrogens (tertiary/aromatic N) is 1. The summed E-state index contributed by atoms with van der Waals surface area (Å²) in [5.74, 6) is -0.0157. The highest BCUT2D eigenvalue weighted by atomic mass is 32.1. The number of benzene rings is 2. The lowest BCUT2D eigenvalue weighted by molar-refractivity contribution is 0.475. The quantitative estimate of drug-likeness (QED) is 0.736. The van der Waals surface area contributed by atoms with Crippen molar-refractivity contribution >= 4 is 22.2 Å². The molecule has 0 unspecified atom stereocenters. The van der Waals surface area contributed by atoms with Gasteiger partial charge in [-0.25, -0.2) is 9.37 Å². The molecule has 2 N–H and O–H groups in total. The van der Waals surface area contributed by atoms with Crippen molar-refractivity contribution in [2.75, 3.05) is 5.32 Å². The monoisotopic (exact) mass is 300 g/mol. The Balaban J connectivity index is 1.84. The summed E-state index contributed by atoms with van der Waals surface area (Å²) in [5.41, 5.74) is 3.05. The van der Waals surface area contributed by atoms with Crippen molar-refractivity contribution in [2.24, 2.45) is 0 Å². The third-order valence-corrected chi connectivity index (χ3v) is 3.81. The third kappa shape index (κ3) is 3.03. The number of hydrogen-bond donors (Lipinski definition) is 2. The average molecular weight is 300 g/mol. The molecule has 0 bridgehead atoms. The van der Waals surface area contributed by atoms with Gasteiger partial charge >= 0.3 is 0 Å². The number of aromatic hydroxyl groups is 1. The Labute approximate surface area is 125 Å². The maximum atomic E-state index is 13.3. The summed E-state index contributed by atoms with van der Waals surface area (Å²) in [6.07, 6.45) is 0. The number of rotatable bonds is 3. The van der Waals surface area contributed by atoms with Crippen molar-refractivity contribution in [2.45, 2.75) is 6.92 Å². The van der Waals surface area contributed by atoms with Gasteiger partial charge in [-0.05, 0) is 42.8 Å². The number of phenols is 1. The van der Waals surface area contributed by atoms with Crippen LogP contribution in [0.4, 0.5) is 15.2 Å². The topological polar surface area (TPSA) is 45.1 Å². The predicted molar refractivity (Wildman–Crippen MR) is 83.6 cm³/mol. The highest BCUT2D eigenvalue weighted by molar-refractivity contribution is 7.14. The second-order valence-electron chi connectivity index (χ2n) is 4.68. The lowest BCUT2D eigenvalue weighted by atomic mass is 10.1. The highest BCUT2D eigenvalue weighted by Crippen LogP contribution is 2.28. The number of aromatic nitrogens is 1. The van der Waals surface area contributed by atoms with E-state index >= 15 is 0 Å². The fourth-order valence-electron chi connectivity index (χ4n) is 1.97. The molecule has 1 heterocycles. The summed E-state index contributed by atoms with van der Waals surface area (Å²) in [5, 5.41) is 15.2. The number of aryl methyl sites for hydroxylation is 1. The molecule has 3 rings (SSSR count). The lowest BCUT2D eigenvalue weighted by Gasteiger charge is -2.03. The number of anilines is 2. The molecule has 106 valence electrons. The number of nitrogens with one attached hydrogen (secondary N) is 1. The number of phenolic OH excluding ortho intramolecular Hbond substituents is 1. The Morgan fingerprint density at radius 2 is 2.05 bits per heavy atom. The molecule has 0 radical (unpaired) electrons. The Bertz CT molecular complexity index is 785. The van der Waals surface area contributed by atoms with Gasteiger partial charge in [0.15, 0.2) is 5.13 Å². The van der Waals surface area contributed by atoms with Crippen LogP contribution in [0.5, 0.6) is 5.75 Å². The number of hydrogen-bond acceptors (Lipinski definition) is 4. The second kappa shape index (κ2) is 5.54. The molecule has 0 fully saturated rings. The summed E-state index contributed by atoms with van der Waals surface area (Å²) in [4.78, 5) is 4.48. The molecule has 0 saturated heterocycles.